The van der Waals surface area contributed by atoms with E-state index in [2.05, 4.69) is 14.5 Å². The SMILES string of the molecule is Cc1ncc(C[n+]2csc(CCOP(=O)(O)O)c2C)c(N)n1.Cl.Cl.[Cl-]. The molecule has 0 bridgehead atoms. The highest BCUT2D eigenvalue weighted by Gasteiger charge is 2.19. The van der Waals surface area contributed by atoms with Crippen LogP contribution in [-0.4, -0.2) is 26.4 Å². The molecule has 0 aliphatic heterocycles. The van der Waals surface area contributed by atoms with Crippen LogP contribution in [0.15, 0.2) is 11.7 Å². The predicted octanol–water partition coefficient (Wildman–Crippen LogP) is -1.43. The lowest BCUT2D eigenvalue weighted by molar-refractivity contribution is -0.689. The lowest BCUT2D eigenvalue weighted by Gasteiger charge is -2.04. The Morgan fingerprint density at radius 1 is 1.36 bits per heavy atom. The molecule has 0 radical (unpaired) electrons. The van der Waals surface area contributed by atoms with Crippen molar-refractivity contribution in [2.45, 2.75) is 26.8 Å². The van der Waals surface area contributed by atoms with Gasteiger partial charge in [0, 0.05) is 19.5 Å². The van der Waals surface area contributed by atoms with Gasteiger partial charge in [-0.2, -0.15) is 4.57 Å². The van der Waals surface area contributed by atoms with Gasteiger partial charge in [0.25, 0.3) is 0 Å². The molecule has 144 valence electrons. The smallest absolute Gasteiger partial charge is 0.469 e. The second-order valence-corrected chi connectivity index (χ2v) is 6.94. The lowest BCUT2D eigenvalue weighted by Crippen LogP contribution is -3.00. The number of aryl methyl sites for hydroxylation is 1. The molecule has 25 heavy (non-hydrogen) atoms. The van der Waals surface area contributed by atoms with Gasteiger partial charge in [-0.25, -0.2) is 14.5 Å². The summed E-state index contributed by atoms with van der Waals surface area (Å²) in [5, 5.41) is 0. The number of hydrogen-bond acceptors (Lipinski definition) is 6. The summed E-state index contributed by atoms with van der Waals surface area (Å²) in [5.41, 5.74) is 9.65. The van der Waals surface area contributed by atoms with Gasteiger partial charge in [-0.1, -0.05) is 11.3 Å². The van der Waals surface area contributed by atoms with E-state index in [0.717, 1.165) is 16.1 Å². The van der Waals surface area contributed by atoms with Crippen LogP contribution in [-0.2, 0) is 22.1 Å². The highest BCUT2D eigenvalue weighted by atomic mass is 35.5. The normalized spacial score (nSPS) is 10.4. The summed E-state index contributed by atoms with van der Waals surface area (Å²) in [6.45, 7) is 4.24. The molecular formula is C12H20Cl3N4O4PS. The number of nitrogens with zero attached hydrogens (tertiary/aromatic N) is 3. The zero-order valence-electron chi connectivity index (χ0n) is 13.5. The average Bonchev–Trinajstić information content (AvgIpc) is 2.73. The minimum absolute atomic E-state index is 0. The van der Waals surface area contributed by atoms with E-state index in [4.69, 9.17) is 15.5 Å². The fraction of sp³-hybridized carbons (Fsp3) is 0.417. The minimum atomic E-state index is -4.41. The monoisotopic (exact) mass is 452 g/mol. The van der Waals surface area contributed by atoms with Crippen molar-refractivity contribution >= 4 is 49.8 Å². The Bertz CT molecular complexity index is 728. The highest BCUT2D eigenvalue weighted by Crippen LogP contribution is 2.35. The van der Waals surface area contributed by atoms with E-state index < -0.39 is 7.82 Å². The van der Waals surface area contributed by atoms with Gasteiger partial charge < -0.3 is 27.9 Å². The number of anilines is 1. The van der Waals surface area contributed by atoms with Crippen LogP contribution >= 0.6 is 44.0 Å². The minimum Gasteiger partial charge on any atom is -1.00 e. The maximum absolute atomic E-state index is 10.7. The zero-order chi connectivity index (χ0) is 16.3. The van der Waals surface area contributed by atoms with Crippen molar-refractivity contribution in [3.63, 3.8) is 0 Å². The first-order valence-electron chi connectivity index (χ1n) is 6.51. The van der Waals surface area contributed by atoms with Crippen molar-refractivity contribution in [3.8, 4) is 0 Å². The summed E-state index contributed by atoms with van der Waals surface area (Å²) in [6.07, 6.45) is 2.15. The quantitative estimate of drug-likeness (QED) is 0.362. The molecule has 0 aliphatic rings. The molecule has 2 heterocycles. The summed E-state index contributed by atoms with van der Waals surface area (Å²) in [6, 6.07) is 0. The van der Waals surface area contributed by atoms with Crippen molar-refractivity contribution in [3.05, 3.63) is 33.7 Å². The van der Waals surface area contributed by atoms with Gasteiger partial charge in [-0.15, -0.1) is 24.8 Å². The molecule has 0 aliphatic carbocycles. The van der Waals surface area contributed by atoms with E-state index in [9.17, 15) is 4.57 Å². The Hall–Kier alpha value is -0.510. The molecule has 0 aromatic carbocycles. The molecular weight excluding hydrogens is 434 g/mol. The van der Waals surface area contributed by atoms with Gasteiger partial charge in [0.2, 0.25) is 5.51 Å². The van der Waals surface area contributed by atoms with Crippen LogP contribution in [0.2, 0.25) is 0 Å². The van der Waals surface area contributed by atoms with Gasteiger partial charge in [-0.3, -0.25) is 4.52 Å². The third-order valence-electron chi connectivity index (χ3n) is 3.10. The average molecular weight is 454 g/mol. The number of aromatic nitrogens is 3. The molecule has 0 spiro atoms. The molecule has 0 fully saturated rings. The molecule has 0 saturated heterocycles. The number of halogens is 3. The van der Waals surface area contributed by atoms with Crippen LogP contribution in [0.25, 0.3) is 0 Å². The summed E-state index contributed by atoms with van der Waals surface area (Å²) in [4.78, 5) is 26.6. The van der Waals surface area contributed by atoms with E-state index in [1.54, 1.807) is 13.1 Å². The van der Waals surface area contributed by atoms with Gasteiger partial charge in [0.1, 0.15) is 11.6 Å². The molecule has 2 aromatic heterocycles. The van der Waals surface area contributed by atoms with Crippen LogP contribution in [0.3, 0.4) is 0 Å². The molecule has 4 N–H and O–H groups in total. The van der Waals surface area contributed by atoms with Crippen LogP contribution in [0.4, 0.5) is 5.82 Å². The zero-order valence-corrected chi connectivity index (χ0v) is 17.6. The van der Waals surface area contributed by atoms with Crippen LogP contribution in [0.1, 0.15) is 22.0 Å². The predicted molar refractivity (Wildman–Crippen MR) is 95.7 cm³/mol. The number of hydrogen-bond donors (Lipinski definition) is 3. The number of nitrogens with two attached hydrogens (primary N) is 1. The largest absolute Gasteiger partial charge is 1.00 e. The first-order valence-corrected chi connectivity index (χ1v) is 8.92. The highest BCUT2D eigenvalue weighted by molar-refractivity contribution is 7.46. The number of thiazole rings is 1. The van der Waals surface area contributed by atoms with Crippen LogP contribution in [0.5, 0.6) is 0 Å². The number of phosphoric ester groups is 1. The van der Waals surface area contributed by atoms with E-state index in [-0.39, 0.29) is 43.8 Å². The van der Waals surface area contributed by atoms with E-state index in [0.29, 0.717) is 24.6 Å². The summed E-state index contributed by atoms with van der Waals surface area (Å²) in [5.74, 6) is 1.08. The molecule has 8 nitrogen and oxygen atoms in total. The standard InChI is InChI=1S/C12H17N4O4PS.3ClH/c1-8-11(3-4-20-21(17,18)19)22-7-16(8)6-10-5-14-9(2)15-12(10)13;;;/h5,7H,3-4,6H2,1-2H3,(H3-,13,14,15,17,18,19);3*1H. The Balaban J connectivity index is 0. The Morgan fingerprint density at radius 3 is 2.56 bits per heavy atom. The third kappa shape index (κ3) is 8.15. The van der Waals surface area contributed by atoms with Crippen LogP contribution in [0, 0.1) is 13.8 Å². The maximum Gasteiger partial charge on any atom is 0.469 e. The summed E-state index contributed by atoms with van der Waals surface area (Å²) < 4.78 is 17.1. The first-order chi connectivity index (χ1) is 10.3. The fourth-order valence-corrected chi connectivity index (χ4v) is 3.23. The Morgan fingerprint density at radius 2 is 2.00 bits per heavy atom. The number of nitrogen functional groups attached to an aromatic ring is 1. The van der Waals surface area contributed by atoms with E-state index >= 15 is 0 Å². The third-order valence-corrected chi connectivity index (χ3v) is 4.77. The molecule has 0 amide bonds. The molecule has 13 heteroatoms. The second kappa shape index (κ2) is 11.3. The van der Waals surface area contributed by atoms with Crippen molar-refractivity contribution in [1.29, 1.82) is 0 Å². The molecule has 2 aromatic rings. The Labute approximate surface area is 168 Å². The van der Waals surface area contributed by atoms with Gasteiger partial charge in [-0.05, 0) is 6.92 Å². The van der Waals surface area contributed by atoms with E-state index in [1.165, 1.54) is 11.3 Å². The molecule has 0 unspecified atom stereocenters. The van der Waals surface area contributed by atoms with Gasteiger partial charge >= 0.3 is 7.82 Å². The Kier molecular flexibility index (Phi) is 12.0. The van der Waals surface area contributed by atoms with Crippen LogP contribution < -0.4 is 22.7 Å². The van der Waals surface area contributed by atoms with Gasteiger partial charge in [0.15, 0.2) is 12.2 Å². The maximum atomic E-state index is 10.7. The second-order valence-electron chi connectivity index (χ2n) is 4.76. The van der Waals surface area contributed by atoms with Crippen molar-refractivity contribution in [2.24, 2.45) is 0 Å². The molecule has 0 saturated carbocycles. The summed E-state index contributed by atoms with van der Waals surface area (Å²) >= 11 is 1.50. The van der Waals surface area contributed by atoms with Crippen molar-refractivity contribution in [2.75, 3.05) is 12.3 Å². The lowest BCUT2D eigenvalue weighted by atomic mass is 10.2. The van der Waals surface area contributed by atoms with E-state index in [1.807, 2.05) is 17.0 Å². The topological polar surface area (TPSA) is 122 Å². The fourth-order valence-electron chi connectivity index (χ4n) is 1.92. The molecule has 2 rings (SSSR count). The van der Waals surface area contributed by atoms with Crippen molar-refractivity contribution in [1.82, 2.24) is 9.97 Å². The van der Waals surface area contributed by atoms with Gasteiger partial charge in [0.05, 0.1) is 17.0 Å². The van der Waals surface area contributed by atoms with Crippen molar-refractivity contribution < 1.29 is 35.8 Å². The summed E-state index contributed by atoms with van der Waals surface area (Å²) in [7, 11) is -4.41. The number of rotatable bonds is 6. The number of phosphoric acid groups is 1. The first kappa shape index (κ1) is 26.7. The molecule has 0 atom stereocenters.